The monoisotopic (exact) mass is 164 g/mol. The van der Waals surface area contributed by atoms with Crippen LogP contribution < -0.4 is 4.90 Å². The van der Waals surface area contributed by atoms with E-state index in [1.807, 2.05) is 6.07 Å². The summed E-state index contributed by atoms with van der Waals surface area (Å²) in [5, 5.41) is 8.54. The third-order valence-electron chi connectivity index (χ3n) is 1.56. The van der Waals surface area contributed by atoms with Crippen molar-refractivity contribution in [3.05, 3.63) is 29.6 Å². The molecule has 0 aliphatic carbocycles. The maximum absolute atomic E-state index is 13.0. The lowest BCUT2D eigenvalue weighted by atomic mass is 10.2. The van der Waals surface area contributed by atoms with Crippen LogP contribution in [0.1, 0.15) is 5.56 Å². The lowest BCUT2D eigenvalue weighted by Crippen LogP contribution is -2.10. The number of hydrogen-bond donors (Lipinski definition) is 0. The molecule has 0 aliphatic heterocycles. The molecule has 0 amide bonds. The van der Waals surface area contributed by atoms with Gasteiger partial charge < -0.3 is 4.90 Å². The fraction of sp³-hybridized carbons (Fsp3) is 0.222. The summed E-state index contributed by atoms with van der Waals surface area (Å²) >= 11 is 0. The van der Waals surface area contributed by atoms with E-state index >= 15 is 0 Å². The van der Waals surface area contributed by atoms with Crippen molar-refractivity contribution in [1.29, 1.82) is 5.26 Å². The van der Waals surface area contributed by atoms with Crippen molar-refractivity contribution in [2.45, 2.75) is 0 Å². The summed E-state index contributed by atoms with van der Waals surface area (Å²) < 4.78 is 13.0. The first kappa shape index (κ1) is 8.54. The first-order valence-corrected chi connectivity index (χ1v) is 3.52. The Hall–Kier alpha value is -1.56. The van der Waals surface area contributed by atoms with Crippen molar-refractivity contribution in [2.75, 3.05) is 19.0 Å². The van der Waals surface area contributed by atoms with Gasteiger partial charge in [0.05, 0.1) is 17.3 Å². The number of nitriles is 1. The minimum absolute atomic E-state index is 0.306. The maximum atomic E-state index is 13.0. The highest BCUT2D eigenvalue weighted by Gasteiger charge is 2.04. The van der Waals surface area contributed by atoms with Gasteiger partial charge in [-0.05, 0) is 18.2 Å². The molecule has 0 unspecified atom stereocenters. The van der Waals surface area contributed by atoms with E-state index in [2.05, 4.69) is 0 Å². The molecule has 0 N–H and O–H groups in total. The molecule has 0 aliphatic rings. The largest absolute Gasteiger partial charge is 0.375 e. The summed E-state index contributed by atoms with van der Waals surface area (Å²) in [6.45, 7) is 0. The predicted octanol–water partition coefficient (Wildman–Crippen LogP) is 1.76. The molecule has 0 heterocycles. The van der Waals surface area contributed by atoms with Gasteiger partial charge in [-0.25, -0.2) is 4.39 Å². The SMILES string of the molecule is CN(C)c1cc(C#N)ccc1F. The number of benzene rings is 1. The number of hydrogen-bond acceptors (Lipinski definition) is 2. The van der Waals surface area contributed by atoms with E-state index in [-0.39, 0.29) is 5.82 Å². The predicted molar refractivity (Wildman–Crippen MR) is 45.4 cm³/mol. The second kappa shape index (κ2) is 3.22. The highest BCUT2D eigenvalue weighted by molar-refractivity contribution is 5.51. The van der Waals surface area contributed by atoms with Crippen molar-refractivity contribution < 1.29 is 4.39 Å². The van der Waals surface area contributed by atoms with Crippen molar-refractivity contribution in [3.63, 3.8) is 0 Å². The molecule has 0 spiro atoms. The topological polar surface area (TPSA) is 27.0 Å². The van der Waals surface area contributed by atoms with Gasteiger partial charge in [0, 0.05) is 14.1 Å². The molecule has 1 aromatic rings. The van der Waals surface area contributed by atoms with Gasteiger partial charge >= 0.3 is 0 Å². The smallest absolute Gasteiger partial charge is 0.146 e. The third-order valence-corrected chi connectivity index (χ3v) is 1.56. The fourth-order valence-corrected chi connectivity index (χ4v) is 0.925. The summed E-state index contributed by atoms with van der Waals surface area (Å²) in [6.07, 6.45) is 0. The zero-order valence-electron chi connectivity index (χ0n) is 7.00. The van der Waals surface area contributed by atoms with Crippen LogP contribution in [0.3, 0.4) is 0 Å². The molecule has 2 nitrogen and oxygen atoms in total. The lowest BCUT2D eigenvalue weighted by Gasteiger charge is -2.12. The Morgan fingerprint density at radius 3 is 2.58 bits per heavy atom. The molecular formula is C9H9FN2. The second-order valence-corrected chi connectivity index (χ2v) is 2.67. The van der Waals surface area contributed by atoms with E-state index in [1.54, 1.807) is 19.0 Å². The van der Waals surface area contributed by atoms with Crippen LogP contribution in [0.15, 0.2) is 18.2 Å². The third kappa shape index (κ3) is 1.54. The Balaban J connectivity index is 3.19. The summed E-state index contributed by atoms with van der Waals surface area (Å²) in [7, 11) is 3.47. The average molecular weight is 164 g/mol. The van der Waals surface area contributed by atoms with Crippen LogP contribution in [0.2, 0.25) is 0 Å². The van der Waals surface area contributed by atoms with E-state index < -0.39 is 0 Å². The molecule has 0 radical (unpaired) electrons. The average Bonchev–Trinajstić information content (AvgIpc) is 2.05. The van der Waals surface area contributed by atoms with Gasteiger partial charge in [0.25, 0.3) is 0 Å². The Morgan fingerprint density at radius 1 is 1.42 bits per heavy atom. The van der Waals surface area contributed by atoms with E-state index in [1.165, 1.54) is 18.2 Å². The molecule has 12 heavy (non-hydrogen) atoms. The van der Waals surface area contributed by atoms with Crippen molar-refractivity contribution in [3.8, 4) is 6.07 Å². The van der Waals surface area contributed by atoms with Crippen molar-refractivity contribution in [2.24, 2.45) is 0 Å². The first-order valence-electron chi connectivity index (χ1n) is 3.52. The molecule has 1 rings (SSSR count). The Bertz CT molecular complexity index is 326. The summed E-state index contributed by atoms with van der Waals surface area (Å²) in [6, 6.07) is 6.24. The quantitative estimate of drug-likeness (QED) is 0.632. The van der Waals surface area contributed by atoms with Crippen LogP contribution in [-0.4, -0.2) is 14.1 Å². The minimum Gasteiger partial charge on any atom is -0.375 e. The van der Waals surface area contributed by atoms with Gasteiger partial charge in [-0.2, -0.15) is 5.26 Å². The summed E-state index contributed by atoms with van der Waals surface area (Å²) in [5.41, 5.74) is 0.911. The molecule has 0 atom stereocenters. The highest BCUT2D eigenvalue weighted by Crippen LogP contribution is 2.17. The van der Waals surface area contributed by atoms with Crippen molar-refractivity contribution >= 4 is 5.69 Å². The van der Waals surface area contributed by atoms with Gasteiger partial charge in [0.15, 0.2) is 0 Å². The molecular weight excluding hydrogens is 155 g/mol. The van der Waals surface area contributed by atoms with Crippen LogP contribution in [-0.2, 0) is 0 Å². The molecule has 3 heteroatoms. The number of halogens is 1. The van der Waals surface area contributed by atoms with Crippen molar-refractivity contribution in [1.82, 2.24) is 0 Å². The van der Waals surface area contributed by atoms with Crippen LogP contribution in [0.5, 0.6) is 0 Å². The number of anilines is 1. The summed E-state index contributed by atoms with van der Waals surface area (Å²) in [4.78, 5) is 1.64. The maximum Gasteiger partial charge on any atom is 0.146 e. The Kier molecular flexibility index (Phi) is 2.29. The molecule has 0 saturated heterocycles. The Labute approximate surface area is 70.8 Å². The van der Waals surface area contributed by atoms with Gasteiger partial charge in [-0.1, -0.05) is 0 Å². The van der Waals surface area contributed by atoms with Crippen LogP contribution >= 0.6 is 0 Å². The fourth-order valence-electron chi connectivity index (χ4n) is 0.925. The van der Waals surface area contributed by atoms with E-state index in [4.69, 9.17) is 5.26 Å². The van der Waals surface area contributed by atoms with Gasteiger partial charge in [-0.15, -0.1) is 0 Å². The molecule has 0 saturated carbocycles. The molecule has 0 aromatic heterocycles. The van der Waals surface area contributed by atoms with Gasteiger partial charge in [-0.3, -0.25) is 0 Å². The van der Waals surface area contributed by atoms with Crippen LogP contribution in [0, 0.1) is 17.1 Å². The zero-order valence-corrected chi connectivity index (χ0v) is 7.00. The highest BCUT2D eigenvalue weighted by atomic mass is 19.1. The second-order valence-electron chi connectivity index (χ2n) is 2.67. The van der Waals surface area contributed by atoms with E-state index in [9.17, 15) is 4.39 Å². The Morgan fingerprint density at radius 2 is 2.08 bits per heavy atom. The number of nitrogens with zero attached hydrogens (tertiary/aromatic N) is 2. The van der Waals surface area contributed by atoms with Gasteiger partial charge in [0.2, 0.25) is 0 Å². The first-order chi connectivity index (χ1) is 5.65. The van der Waals surface area contributed by atoms with Crippen LogP contribution in [0.4, 0.5) is 10.1 Å². The van der Waals surface area contributed by atoms with Gasteiger partial charge in [0.1, 0.15) is 5.82 Å². The minimum atomic E-state index is -0.306. The zero-order chi connectivity index (χ0) is 9.14. The molecule has 0 fully saturated rings. The molecule has 1 aromatic carbocycles. The van der Waals surface area contributed by atoms with E-state index in [0.717, 1.165) is 0 Å². The molecule has 0 bridgehead atoms. The number of rotatable bonds is 1. The van der Waals surface area contributed by atoms with E-state index in [0.29, 0.717) is 11.3 Å². The lowest BCUT2D eigenvalue weighted by molar-refractivity contribution is 0.626. The molecule has 62 valence electrons. The normalized spacial score (nSPS) is 9.17. The van der Waals surface area contributed by atoms with Crippen LogP contribution in [0.25, 0.3) is 0 Å². The summed E-state index contributed by atoms with van der Waals surface area (Å²) in [5.74, 6) is -0.306. The standard InChI is InChI=1S/C9H9FN2/c1-12(2)9-5-7(6-11)3-4-8(9)10/h3-5H,1-2H3.